The van der Waals surface area contributed by atoms with Gasteiger partial charge >= 0.3 is 5.63 Å². The summed E-state index contributed by atoms with van der Waals surface area (Å²) in [7, 11) is 0. The average molecular weight is 114 g/mol. The Labute approximate surface area is 45.5 Å². The van der Waals surface area contributed by atoms with Crippen LogP contribution in [0.5, 0.6) is 0 Å². The minimum Gasteiger partial charge on any atom is -0.320 e. The normalized spacial score (nSPS) is 9.62. The predicted molar refractivity (Wildman–Crippen MR) is 26.5 cm³/mol. The highest BCUT2D eigenvalue weighted by atomic mass is 16.5. The Kier molecular flexibility index (Phi) is 1.15. The number of aromatic amines is 1. The lowest BCUT2D eigenvalue weighted by Crippen LogP contribution is -1.99. The molecule has 0 aromatic carbocycles. The standard InChI is InChI=1S/C4H6N2O2/c1-2-3-4(7)8-6-5-3/h6H,2H2,1H3. The van der Waals surface area contributed by atoms with E-state index in [1.54, 1.807) is 0 Å². The van der Waals surface area contributed by atoms with Crippen LogP contribution in [0, 0.1) is 0 Å². The summed E-state index contributed by atoms with van der Waals surface area (Å²) >= 11 is 0. The van der Waals surface area contributed by atoms with Crippen molar-refractivity contribution in [2.45, 2.75) is 13.3 Å². The maximum atomic E-state index is 10.4. The van der Waals surface area contributed by atoms with Crippen molar-refractivity contribution < 1.29 is 4.52 Å². The molecule has 0 fully saturated rings. The molecule has 1 aromatic heterocycles. The zero-order valence-corrected chi connectivity index (χ0v) is 4.47. The van der Waals surface area contributed by atoms with E-state index in [-0.39, 0.29) is 5.63 Å². The number of rotatable bonds is 1. The molecule has 1 aromatic rings. The molecule has 0 radical (unpaired) electrons. The van der Waals surface area contributed by atoms with Crippen LogP contribution in [-0.4, -0.2) is 10.4 Å². The van der Waals surface area contributed by atoms with Gasteiger partial charge in [-0.3, -0.25) is 0 Å². The molecule has 4 heteroatoms. The SMILES string of the molecule is CCc1n[nH]oc1=O. The molecule has 0 unspecified atom stereocenters. The van der Waals surface area contributed by atoms with Gasteiger partial charge in [-0.25, -0.2) is 4.79 Å². The Morgan fingerprint density at radius 2 is 2.62 bits per heavy atom. The number of nitrogens with one attached hydrogen (secondary N) is 1. The van der Waals surface area contributed by atoms with Crippen molar-refractivity contribution in [3.05, 3.63) is 16.1 Å². The highest BCUT2D eigenvalue weighted by Crippen LogP contribution is 1.80. The second-order valence-corrected chi connectivity index (χ2v) is 1.39. The molecular weight excluding hydrogens is 108 g/mol. The summed E-state index contributed by atoms with van der Waals surface area (Å²) in [6, 6.07) is 0. The molecule has 0 saturated heterocycles. The lowest BCUT2D eigenvalue weighted by Gasteiger charge is -1.72. The summed E-state index contributed by atoms with van der Waals surface area (Å²) in [5.74, 6) is 0. The first-order valence-corrected chi connectivity index (χ1v) is 2.37. The van der Waals surface area contributed by atoms with Crippen molar-refractivity contribution in [1.29, 1.82) is 0 Å². The molecule has 0 aliphatic carbocycles. The van der Waals surface area contributed by atoms with Gasteiger partial charge in [-0.05, 0) is 6.42 Å². The van der Waals surface area contributed by atoms with Crippen LogP contribution in [0.2, 0.25) is 0 Å². The van der Waals surface area contributed by atoms with E-state index in [1.165, 1.54) is 0 Å². The van der Waals surface area contributed by atoms with Crippen molar-refractivity contribution in [3.63, 3.8) is 0 Å². The number of hydrogen-bond acceptors (Lipinski definition) is 3. The van der Waals surface area contributed by atoms with Gasteiger partial charge in [0.05, 0.1) is 0 Å². The Hall–Kier alpha value is -1.06. The van der Waals surface area contributed by atoms with Crippen LogP contribution >= 0.6 is 0 Å². The fourth-order valence-corrected chi connectivity index (χ4v) is 0.447. The van der Waals surface area contributed by atoms with E-state index in [1.807, 2.05) is 6.92 Å². The van der Waals surface area contributed by atoms with Gasteiger partial charge in [0.1, 0.15) is 0 Å². The number of nitrogens with zero attached hydrogens (tertiary/aromatic N) is 1. The monoisotopic (exact) mass is 114 g/mol. The van der Waals surface area contributed by atoms with Crippen LogP contribution in [0.25, 0.3) is 0 Å². The summed E-state index contributed by atoms with van der Waals surface area (Å²) in [6.07, 6.45) is 0.617. The Morgan fingerprint density at radius 3 is 2.88 bits per heavy atom. The maximum Gasteiger partial charge on any atom is 0.380 e. The molecule has 4 nitrogen and oxygen atoms in total. The zero-order chi connectivity index (χ0) is 5.98. The van der Waals surface area contributed by atoms with E-state index >= 15 is 0 Å². The first-order chi connectivity index (χ1) is 3.84. The molecule has 1 heterocycles. The van der Waals surface area contributed by atoms with Gasteiger partial charge in [0.25, 0.3) is 0 Å². The predicted octanol–water partition coefficient (Wildman–Crippen LogP) is -0.0747. The van der Waals surface area contributed by atoms with Gasteiger partial charge in [-0.1, -0.05) is 6.92 Å². The third kappa shape index (κ3) is 0.641. The highest BCUT2D eigenvalue weighted by Gasteiger charge is 1.97. The van der Waals surface area contributed by atoms with E-state index in [4.69, 9.17) is 0 Å². The van der Waals surface area contributed by atoms with Crippen LogP contribution in [0.3, 0.4) is 0 Å². The van der Waals surface area contributed by atoms with Gasteiger partial charge in [-0.15, -0.1) is 10.4 Å². The molecule has 8 heavy (non-hydrogen) atoms. The van der Waals surface area contributed by atoms with Crippen molar-refractivity contribution >= 4 is 0 Å². The summed E-state index contributed by atoms with van der Waals surface area (Å²) in [5.41, 5.74) is 0.0810. The molecule has 0 atom stereocenters. The van der Waals surface area contributed by atoms with Gasteiger partial charge in [-0.2, -0.15) is 0 Å². The summed E-state index contributed by atoms with van der Waals surface area (Å²) in [6.45, 7) is 1.84. The number of H-pyrrole nitrogens is 1. The quantitative estimate of drug-likeness (QED) is 0.555. The Morgan fingerprint density at radius 1 is 1.88 bits per heavy atom. The van der Waals surface area contributed by atoms with Crippen molar-refractivity contribution in [3.8, 4) is 0 Å². The van der Waals surface area contributed by atoms with Crippen molar-refractivity contribution in [2.75, 3.05) is 0 Å². The van der Waals surface area contributed by atoms with E-state index in [9.17, 15) is 4.79 Å². The second-order valence-electron chi connectivity index (χ2n) is 1.39. The van der Waals surface area contributed by atoms with Gasteiger partial charge in [0, 0.05) is 0 Å². The summed E-state index contributed by atoms with van der Waals surface area (Å²) in [4.78, 5) is 10.4. The van der Waals surface area contributed by atoms with Gasteiger partial charge < -0.3 is 4.52 Å². The maximum absolute atomic E-state index is 10.4. The van der Waals surface area contributed by atoms with Crippen molar-refractivity contribution in [2.24, 2.45) is 0 Å². The van der Waals surface area contributed by atoms with E-state index < -0.39 is 0 Å². The molecular formula is C4H6N2O2. The topological polar surface area (TPSA) is 58.9 Å². The summed E-state index contributed by atoms with van der Waals surface area (Å²) in [5, 5.41) is 5.64. The molecule has 44 valence electrons. The molecule has 1 N–H and O–H groups in total. The minimum absolute atomic E-state index is 0.368. The highest BCUT2D eigenvalue weighted by molar-refractivity contribution is 4.86. The van der Waals surface area contributed by atoms with Crippen molar-refractivity contribution in [1.82, 2.24) is 10.4 Å². The number of aromatic nitrogens is 2. The number of aryl methyl sites for hydroxylation is 1. The Bertz CT molecular complexity index is 212. The van der Waals surface area contributed by atoms with E-state index in [0.717, 1.165) is 0 Å². The average Bonchev–Trinajstić information content (AvgIpc) is 2.14. The molecule has 0 spiro atoms. The van der Waals surface area contributed by atoms with Crippen LogP contribution in [0.1, 0.15) is 12.6 Å². The Balaban J connectivity index is 3.11. The third-order valence-electron chi connectivity index (χ3n) is 0.889. The van der Waals surface area contributed by atoms with Crippen LogP contribution in [0.4, 0.5) is 0 Å². The first kappa shape index (κ1) is 5.08. The van der Waals surface area contributed by atoms with E-state index in [0.29, 0.717) is 12.1 Å². The summed E-state index contributed by atoms with van der Waals surface area (Å²) < 4.78 is 4.26. The lowest BCUT2D eigenvalue weighted by molar-refractivity contribution is 0.368. The molecule has 1 rings (SSSR count). The van der Waals surface area contributed by atoms with E-state index in [2.05, 4.69) is 14.9 Å². The molecule has 0 aliphatic heterocycles. The molecule has 0 amide bonds. The fraction of sp³-hybridized carbons (Fsp3) is 0.500. The smallest absolute Gasteiger partial charge is 0.320 e. The first-order valence-electron chi connectivity index (χ1n) is 2.37. The number of hydrogen-bond donors (Lipinski definition) is 1. The minimum atomic E-state index is -0.368. The van der Waals surface area contributed by atoms with Crippen LogP contribution in [0.15, 0.2) is 9.32 Å². The van der Waals surface area contributed by atoms with Crippen LogP contribution < -0.4 is 5.63 Å². The molecule has 0 saturated carbocycles. The lowest BCUT2D eigenvalue weighted by atomic mass is 10.4. The molecule has 0 aliphatic rings. The third-order valence-corrected chi connectivity index (χ3v) is 0.889. The fourth-order valence-electron chi connectivity index (χ4n) is 0.447. The molecule has 0 bridgehead atoms. The largest absolute Gasteiger partial charge is 0.380 e. The van der Waals surface area contributed by atoms with Gasteiger partial charge in [0.2, 0.25) is 0 Å². The van der Waals surface area contributed by atoms with Crippen LogP contribution in [-0.2, 0) is 6.42 Å². The second kappa shape index (κ2) is 1.81. The van der Waals surface area contributed by atoms with Gasteiger partial charge in [0.15, 0.2) is 5.69 Å². The zero-order valence-electron chi connectivity index (χ0n) is 4.47.